The molecular weight excluding hydrogens is 192 g/mol. The molecule has 0 spiro atoms. The quantitative estimate of drug-likeness (QED) is 0.707. The molecule has 0 saturated carbocycles. The molecule has 0 fully saturated rings. The lowest BCUT2D eigenvalue weighted by Gasteiger charge is -2.32. The molecule has 0 bridgehead atoms. The van der Waals surface area contributed by atoms with Crippen molar-refractivity contribution in [3.8, 4) is 0 Å². The first-order valence-corrected chi connectivity index (χ1v) is 5.60. The lowest BCUT2D eigenvalue weighted by atomic mass is 9.83. The highest BCUT2D eigenvalue weighted by Gasteiger charge is 2.27. The van der Waals surface area contributed by atoms with Gasteiger partial charge in [0.05, 0.1) is 18.8 Å². The van der Waals surface area contributed by atoms with Crippen molar-refractivity contribution in [1.82, 2.24) is 0 Å². The molecule has 1 aliphatic rings. The Labute approximate surface area is 92.1 Å². The molecule has 0 saturated heterocycles. The predicted octanol–water partition coefficient (Wildman–Crippen LogP) is 1.61. The van der Waals surface area contributed by atoms with Crippen LogP contribution in [0, 0.1) is 11.8 Å². The fourth-order valence-corrected chi connectivity index (χ4v) is 1.94. The Morgan fingerprint density at radius 3 is 2.87 bits per heavy atom. The summed E-state index contributed by atoms with van der Waals surface area (Å²) >= 11 is 0. The second-order valence-electron chi connectivity index (χ2n) is 4.39. The van der Waals surface area contributed by atoms with Gasteiger partial charge in [-0.3, -0.25) is 0 Å². The molecule has 4 atom stereocenters. The molecule has 1 aliphatic carbocycles. The minimum Gasteiger partial charge on any atom is -0.391 e. The summed E-state index contributed by atoms with van der Waals surface area (Å²) in [5, 5.41) is 9.16. The summed E-state index contributed by atoms with van der Waals surface area (Å²) in [6.07, 6.45) is 5.03. The monoisotopic (exact) mass is 214 g/mol. The zero-order valence-corrected chi connectivity index (χ0v) is 9.85. The number of aliphatic hydroxyl groups is 1. The Kier molecular flexibility index (Phi) is 5.29. The Balaban J connectivity index is 2.43. The normalized spacial score (nSPS) is 32.9. The van der Waals surface area contributed by atoms with E-state index in [1.165, 1.54) is 0 Å². The summed E-state index contributed by atoms with van der Waals surface area (Å²) in [6, 6.07) is 0. The molecule has 0 radical (unpaired) electrons. The zero-order chi connectivity index (χ0) is 11.3. The van der Waals surface area contributed by atoms with E-state index in [9.17, 15) is 0 Å². The first-order chi connectivity index (χ1) is 7.15. The molecule has 0 aliphatic heterocycles. The van der Waals surface area contributed by atoms with E-state index < -0.39 is 6.10 Å². The maximum Gasteiger partial charge on any atom is 0.0786 e. The van der Waals surface area contributed by atoms with Gasteiger partial charge in [-0.15, -0.1) is 0 Å². The smallest absolute Gasteiger partial charge is 0.0786 e. The number of methoxy groups -OCH3 is 1. The van der Waals surface area contributed by atoms with Crippen LogP contribution in [0.5, 0.6) is 0 Å². The highest BCUT2D eigenvalue weighted by molar-refractivity contribution is 5.00. The lowest BCUT2D eigenvalue weighted by molar-refractivity contribution is -0.0275. The van der Waals surface area contributed by atoms with Gasteiger partial charge in [0, 0.05) is 13.7 Å². The van der Waals surface area contributed by atoms with E-state index in [1.807, 2.05) is 0 Å². The van der Waals surface area contributed by atoms with Crippen LogP contribution < -0.4 is 0 Å². The van der Waals surface area contributed by atoms with Gasteiger partial charge < -0.3 is 14.6 Å². The van der Waals surface area contributed by atoms with Crippen molar-refractivity contribution < 1.29 is 14.6 Å². The lowest BCUT2D eigenvalue weighted by Crippen LogP contribution is -2.33. The Morgan fingerprint density at radius 1 is 1.53 bits per heavy atom. The summed E-state index contributed by atoms with van der Waals surface area (Å²) < 4.78 is 10.8. The van der Waals surface area contributed by atoms with Crippen LogP contribution in [0.1, 0.15) is 20.3 Å². The molecule has 1 rings (SSSR count). The van der Waals surface area contributed by atoms with Gasteiger partial charge in [0.1, 0.15) is 0 Å². The molecule has 0 aromatic carbocycles. The topological polar surface area (TPSA) is 38.7 Å². The number of aliphatic hydroxyl groups excluding tert-OH is 1. The third kappa shape index (κ3) is 3.93. The number of hydrogen-bond donors (Lipinski definition) is 1. The van der Waals surface area contributed by atoms with E-state index in [2.05, 4.69) is 19.1 Å². The minimum absolute atomic E-state index is 0.119. The summed E-state index contributed by atoms with van der Waals surface area (Å²) in [5.41, 5.74) is 0. The number of hydrogen-bond acceptors (Lipinski definition) is 3. The molecule has 3 heteroatoms. The van der Waals surface area contributed by atoms with Crippen molar-refractivity contribution in [3.05, 3.63) is 12.2 Å². The van der Waals surface area contributed by atoms with Crippen LogP contribution in [0.25, 0.3) is 0 Å². The summed E-state index contributed by atoms with van der Waals surface area (Å²) in [7, 11) is 1.73. The predicted molar refractivity (Wildman–Crippen MR) is 59.7 cm³/mol. The molecule has 3 unspecified atom stereocenters. The fraction of sp³-hybridized carbons (Fsp3) is 0.833. The molecular formula is C12H22O3. The van der Waals surface area contributed by atoms with Crippen molar-refractivity contribution in [2.45, 2.75) is 32.5 Å². The highest BCUT2D eigenvalue weighted by Crippen LogP contribution is 2.27. The van der Waals surface area contributed by atoms with Crippen molar-refractivity contribution in [3.63, 3.8) is 0 Å². The third-order valence-electron chi connectivity index (χ3n) is 2.94. The SMILES string of the molecule is COCC1CC=CC(OC[C@@H](C)O)C1C. The van der Waals surface area contributed by atoms with Gasteiger partial charge in [-0.1, -0.05) is 19.1 Å². The van der Waals surface area contributed by atoms with Gasteiger partial charge in [0.2, 0.25) is 0 Å². The molecule has 0 aromatic rings. The number of rotatable bonds is 5. The van der Waals surface area contributed by atoms with Crippen molar-refractivity contribution in [2.75, 3.05) is 20.3 Å². The molecule has 3 nitrogen and oxygen atoms in total. The average Bonchev–Trinajstić information content (AvgIpc) is 2.19. The minimum atomic E-state index is -0.395. The Morgan fingerprint density at radius 2 is 2.27 bits per heavy atom. The van der Waals surface area contributed by atoms with Crippen LogP contribution in [-0.4, -0.2) is 37.6 Å². The van der Waals surface area contributed by atoms with Crippen molar-refractivity contribution in [1.29, 1.82) is 0 Å². The van der Waals surface area contributed by atoms with Crippen LogP contribution in [0.4, 0.5) is 0 Å². The number of ether oxygens (including phenoxy) is 2. The second kappa shape index (κ2) is 6.26. The molecule has 15 heavy (non-hydrogen) atoms. The molecule has 88 valence electrons. The van der Waals surface area contributed by atoms with E-state index in [0.717, 1.165) is 13.0 Å². The molecule has 0 amide bonds. The van der Waals surface area contributed by atoms with Gasteiger partial charge in [0.25, 0.3) is 0 Å². The first kappa shape index (κ1) is 12.7. The van der Waals surface area contributed by atoms with Gasteiger partial charge in [-0.2, -0.15) is 0 Å². The van der Waals surface area contributed by atoms with E-state index in [4.69, 9.17) is 14.6 Å². The Bertz CT molecular complexity index is 201. The van der Waals surface area contributed by atoms with E-state index >= 15 is 0 Å². The zero-order valence-electron chi connectivity index (χ0n) is 9.85. The van der Waals surface area contributed by atoms with Crippen molar-refractivity contribution >= 4 is 0 Å². The van der Waals surface area contributed by atoms with Gasteiger partial charge in [-0.05, 0) is 25.2 Å². The fourth-order valence-electron chi connectivity index (χ4n) is 1.94. The van der Waals surface area contributed by atoms with Crippen LogP contribution in [-0.2, 0) is 9.47 Å². The van der Waals surface area contributed by atoms with E-state index in [-0.39, 0.29) is 6.10 Å². The van der Waals surface area contributed by atoms with Crippen LogP contribution in [0.3, 0.4) is 0 Å². The molecule has 0 aromatic heterocycles. The average molecular weight is 214 g/mol. The maximum absolute atomic E-state index is 9.16. The van der Waals surface area contributed by atoms with E-state index in [1.54, 1.807) is 14.0 Å². The number of allylic oxidation sites excluding steroid dienone is 1. The largest absolute Gasteiger partial charge is 0.391 e. The van der Waals surface area contributed by atoms with Crippen LogP contribution in [0.15, 0.2) is 12.2 Å². The van der Waals surface area contributed by atoms with Crippen LogP contribution >= 0.6 is 0 Å². The second-order valence-corrected chi connectivity index (χ2v) is 4.39. The Hall–Kier alpha value is -0.380. The standard InChI is InChI=1S/C12H22O3/c1-9(13)7-15-12-6-4-5-11(8-14-3)10(12)2/h4,6,9-13H,5,7-8H2,1-3H3/t9-,10?,11?,12?/m1/s1. The molecule has 0 heterocycles. The maximum atomic E-state index is 9.16. The summed E-state index contributed by atoms with van der Waals surface area (Å²) in [4.78, 5) is 0. The highest BCUT2D eigenvalue weighted by atomic mass is 16.5. The molecule has 1 N–H and O–H groups in total. The van der Waals surface area contributed by atoms with Gasteiger partial charge in [0.15, 0.2) is 0 Å². The first-order valence-electron chi connectivity index (χ1n) is 5.60. The van der Waals surface area contributed by atoms with Crippen molar-refractivity contribution in [2.24, 2.45) is 11.8 Å². The van der Waals surface area contributed by atoms with Crippen LogP contribution in [0.2, 0.25) is 0 Å². The van der Waals surface area contributed by atoms with Gasteiger partial charge in [-0.25, -0.2) is 0 Å². The van der Waals surface area contributed by atoms with Gasteiger partial charge >= 0.3 is 0 Å². The summed E-state index contributed by atoms with van der Waals surface area (Å²) in [5.74, 6) is 0.979. The summed E-state index contributed by atoms with van der Waals surface area (Å²) in [6.45, 7) is 5.10. The van der Waals surface area contributed by atoms with E-state index in [0.29, 0.717) is 18.4 Å². The third-order valence-corrected chi connectivity index (χ3v) is 2.94.